The summed E-state index contributed by atoms with van der Waals surface area (Å²) in [5, 5.41) is 0.178. The minimum absolute atomic E-state index is 0.0706. The fourth-order valence-corrected chi connectivity index (χ4v) is 3.38. The van der Waals surface area contributed by atoms with Gasteiger partial charge in [-0.25, -0.2) is 9.18 Å². The van der Waals surface area contributed by atoms with Crippen LogP contribution in [0.3, 0.4) is 0 Å². The lowest BCUT2D eigenvalue weighted by molar-refractivity contribution is 0.0471. The number of hydrogen-bond acceptors (Lipinski definition) is 5. The molecule has 0 saturated carbocycles. The molecule has 30 heavy (non-hydrogen) atoms. The molecule has 0 amide bonds. The third-order valence-corrected chi connectivity index (χ3v) is 5.02. The van der Waals surface area contributed by atoms with Gasteiger partial charge in [-0.15, -0.1) is 0 Å². The number of ketones is 1. The van der Waals surface area contributed by atoms with Crippen molar-refractivity contribution in [3.05, 3.63) is 75.8 Å². The van der Waals surface area contributed by atoms with E-state index in [0.717, 1.165) is 11.4 Å². The Morgan fingerprint density at radius 2 is 1.77 bits per heavy atom. The molecule has 1 aromatic heterocycles. The van der Waals surface area contributed by atoms with Crippen molar-refractivity contribution in [2.24, 2.45) is 0 Å². The van der Waals surface area contributed by atoms with Gasteiger partial charge in [0.25, 0.3) is 0 Å². The number of esters is 1. The Morgan fingerprint density at radius 3 is 2.40 bits per heavy atom. The number of aromatic nitrogens is 1. The molecule has 6 nitrogen and oxygen atoms in total. The Morgan fingerprint density at radius 1 is 1.10 bits per heavy atom. The zero-order valence-electron chi connectivity index (χ0n) is 16.7. The van der Waals surface area contributed by atoms with E-state index in [9.17, 15) is 14.0 Å². The molecule has 0 unspecified atom stereocenters. The molecule has 0 atom stereocenters. The zero-order valence-corrected chi connectivity index (χ0v) is 17.4. The molecule has 0 saturated heterocycles. The number of anilines is 1. The number of benzene rings is 2. The van der Waals surface area contributed by atoms with Gasteiger partial charge in [0, 0.05) is 28.7 Å². The van der Waals surface area contributed by atoms with Crippen molar-refractivity contribution in [3.63, 3.8) is 0 Å². The molecule has 0 spiro atoms. The predicted molar refractivity (Wildman–Crippen MR) is 112 cm³/mol. The van der Waals surface area contributed by atoms with Crippen LogP contribution in [0.1, 0.15) is 32.1 Å². The molecule has 0 radical (unpaired) electrons. The van der Waals surface area contributed by atoms with Crippen molar-refractivity contribution in [1.82, 2.24) is 4.57 Å². The van der Waals surface area contributed by atoms with E-state index in [2.05, 4.69) is 0 Å². The van der Waals surface area contributed by atoms with Gasteiger partial charge in [-0.3, -0.25) is 4.79 Å². The number of aryl methyl sites for hydroxylation is 1. The molecule has 0 fully saturated rings. The fraction of sp³-hybridized carbons (Fsp3) is 0.182. The number of methoxy groups -OCH3 is 1. The Balaban J connectivity index is 1.79. The number of rotatable bonds is 6. The van der Waals surface area contributed by atoms with Crippen LogP contribution in [-0.4, -0.2) is 30.0 Å². The van der Waals surface area contributed by atoms with Crippen LogP contribution >= 0.6 is 11.6 Å². The lowest BCUT2D eigenvalue weighted by atomic mass is 10.1. The summed E-state index contributed by atoms with van der Waals surface area (Å²) in [6, 6.07) is 10.4. The molecule has 8 heteroatoms. The van der Waals surface area contributed by atoms with Crippen LogP contribution in [0.15, 0.2) is 42.5 Å². The van der Waals surface area contributed by atoms with Gasteiger partial charge in [0.2, 0.25) is 5.78 Å². The highest BCUT2D eigenvalue weighted by Gasteiger charge is 2.21. The quantitative estimate of drug-likeness (QED) is 0.353. The maximum atomic E-state index is 13.2. The maximum absolute atomic E-state index is 13.2. The van der Waals surface area contributed by atoms with Crippen molar-refractivity contribution in [1.29, 1.82) is 0 Å². The molecule has 3 aromatic rings. The summed E-state index contributed by atoms with van der Waals surface area (Å²) < 4.78 is 25.4. The van der Waals surface area contributed by atoms with Crippen molar-refractivity contribution in [3.8, 4) is 11.4 Å². The molecule has 0 bridgehead atoms. The van der Waals surface area contributed by atoms with Crippen molar-refractivity contribution >= 4 is 29.0 Å². The molecule has 3 rings (SSSR count). The molecule has 2 N–H and O–H groups in total. The number of nitrogens with two attached hydrogens (primary N) is 1. The first-order valence-electron chi connectivity index (χ1n) is 9.01. The molecular formula is C22H20ClFN2O4. The van der Waals surface area contributed by atoms with E-state index in [1.54, 1.807) is 25.1 Å². The number of ether oxygens (including phenoxy) is 2. The Labute approximate surface area is 178 Å². The van der Waals surface area contributed by atoms with Gasteiger partial charge >= 0.3 is 5.97 Å². The normalized spacial score (nSPS) is 10.7. The third kappa shape index (κ3) is 4.16. The van der Waals surface area contributed by atoms with Crippen LogP contribution in [0.2, 0.25) is 5.02 Å². The first kappa shape index (κ1) is 21.4. The monoisotopic (exact) mass is 430 g/mol. The van der Waals surface area contributed by atoms with E-state index in [4.69, 9.17) is 26.8 Å². The van der Waals surface area contributed by atoms with E-state index in [0.29, 0.717) is 11.3 Å². The van der Waals surface area contributed by atoms with Crippen LogP contribution in [0, 0.1) is 19.7 Å². The average molecular weight is 431 g/mol. The van der Waals surface area contributed by atoms with Crippen LogP contribution < -0.4 is 10.5 Å². The highest BCUT2D eigenvalue weighted by molar-refractivity contribution is 6.33. The van der Waals surface area contributed by atoms with Gasteiger partial charge in [-0.05, 0) is 50.2 Å². The van der Waals surface area contributed by atoms with E-state index in [-0.39, 0.29) is 33.6 Å². The summed E-state index contributed by atoms with van der Waals surface area (Å²) in [6.07, 6.45) is 0. The second kappa shape index (κ2) is 8.59. The first-order valence-corrected chi connectivity index (χ1v) is 9.39. The topological polar surface area (TPSA) is 83.6 Å². The largest absolute Gasteiger partial charge is 0.496 e. The highest BCUT2D eigenvalue weighted by atomic mass is 35.5. The van der Waals surface area contributed by atoms with Crippen LogP contribution in [-0.2, 0) is 4.74 Å². The number of hydrogen-bond donors (Lipinski definition) is 1. The van der Waals surface area contributed by atoms with E-state index < -0.39 is 12.6 Å². The van der Waals surface area contributed by atoms with Gasteiger partial charge in [-0.2, -0.15) is 0 Å². The number of nitrogen functional groups attached to an aromatic ring is 1. The number of carbonyl (C=O) groups excluding carboxylic acids is 2. The number of halogens is 2. The molecule has 0 aliphatic heterocycles. The molecule has 0 aliphatic carbocycles. The SMILES string of the molecule is COc1cc(N)c(Cl)cc1C(=O)OCC(=O)c1cc(C)n(-c2ccc(F)cc2)c1C. The predicted octanol–water partition coefficient (Wildman–Crippen LogP) is 4.52. The summed E-state index contributed by atoms with van der Waals surface area (Å²) in [7, 11) is 1.38. The summed E-state index contributed by atoms with van der Waals surface area (Å²) in [4.78, 5) is 25.1. The van der Waals surface area contributed by atoms with E-state index in [1.165, 1.54) is 31.4 Å². The van der Waals surface area contributed by atoms with Crippen molar-refractivity contribution in [2.75, 3.05) is 19.5 Å². The van der Waals surface area contributed by atoms with Crippen molar-refractivity contribution < 1.29 is 23.5 Å². The van der Waals surface area contributed by atoms with Gasteiger partial charge in [-0.1, -0.05) is 11.6 Å². The Kier molecular flexibility index (Phi) is 6.12. The van der Waals surface area contributed by atoms with Crippen molar-refractivity contribution in [2.45, 2.75) is 13.8 Å². The van der Waals surface area contributed by atoms with E-state index >= 15 is 0 Å². The molecule has 156 valence electrons. The minimum Gasteiger partial charge on any atom is -0.496 e. The summed E-state index contributed by atoms with van der Waals surface area (Å²) >= 11 is 5.97. The molecular weight excluding hydrogens is 411 g/mol. The summed E-state index contributed by atoms with van der Waals surface area (Å²) in [5.41, 5.74) is 8.63. The van der Waals surface area contributed by atoms with Crippen LogP contribution in [0.5, 0.6) is 5.75 Å². The Hall–Kier alpha value is -3.32. The summed E-state index contributed by atoms with van der Waals surface area (Å²) in [6.45, 7) is 3.15. The zero-order chi connectivity index (χ0) is 22.0. The Bertz CT molecular complexity index is 1120. The molecule has 2 aromatic carbocycles. The first-order chi connectivity index (χ1) is 14.2. The second-order valence-corrected chi connectivity index (χ2v) is 7.08. The fourth-order valence-electron chi connectivity index (χ4n) is 3.22. The molecule has 1 heterocycles. The minimum atomic E-state index is -0.755. The maximum Gasteiger partial charge on any atom is 0.342 e. The average Bonchev–Trinajstić information content (AvgIpc) is 3.02. The highest BCUT2D eigenvalue weighted by Crippen LogP contribution is 2.29. The lowest BCUT2D eigenvalue weighted by Gasteiger charge is -2.11. The van der Waals surface area contributed by atoms with Gasteiger partial charge in [0.05, 0.1) is 17.8 Å². The van der Waals surface area contributed by atoms with Crippen LogP contribution in [0.4, 0.5) is 10.1 Å². The van der Waals surface area contributed by atoms with E-state index in [1.807, 2.05) is 11.5 Å². The number of carbonyl (C=O) groups is 2. The van der Waals surface area contributed by atoms with Gasteiger partial charge in [0.1, 0.15) is 17.1 Å². The van der Waals surface area contributed by atoms with Crippen LogP contribution in [0.25, 0.3) is 5.69 Å². The standard InChI is InChI=1S/C22H20ClFN2O4/c1-12-8-16(13(2)26(12)15-6-4-14(24)5-7-15)20(27)11-30-22(28)17-9-18(23)19(25)10-21(17)29-3/h4-10H,11,25H2,1-3H3. The third-order valence-electron chi connectivity index (χ3n) is 4.69. The number of Topliss-reactive ketones (excluding diaryl/α,β-unsaturated/α-hetero) is 1. The second-order valence-electron chi connectivity index (χ2n) is 6.67. The number of nitrogens with zero attached hydrogens (tertiary/aromatic N) is 1. The molecule has 0 aliphatic rings. The smallest absolute Gasteiger partial charge is 0.342 e. The van der Waals surface area contributed by atoms with Gasteiger partial charge < -0.3 is 19.8 Å². The summed E-state index contributed by atoms with van der Waals surface area (Å²) in [5.74, 6) is -1.27. The lowest BCUT2D eigenvalue weighted by Crippen LogP contribution is -2.16. The van der Waals surface area contributed by atoms with Gasteiger partial charge in [0.15, 0.2) is 6.61 Å².